The highest BCUT2D eigenvalue weighted by atomic mass is 35.5. The van der Waals surface area contributed by atoms with Gasteiger partial charge in [-0.05, 0) is 43.5 Å². The monoisotopic (exact) mass is 237 g/mol. The van der Waals surface area contributed by atoms with Gasteiger partial charge in [-0.1, -0.05) is 17.7 Å². The van der Waals surface area contributed by atoms with E-state index in [0.29, 0.717) is 5.15 Å². The van der Waals surface area contributed by atoms with Gasteiger partial charge in [-0.25, -0.2) is 0 Å². The van der Waals surface area contributed by atoms with E-state index in [-0.39, 0.29) is 0 Å². The molecular weight excluding hydrogens is 222 g/mol. The molecule has 4 heteroatoms. The van der Waals surface area contributed by atoms with Crippen molar-refractivity contribution >= 4 is 22.5 Å². The van der Waals surface area contributed by atoms with Gasteiger partial charge in [0.25, 0.3) is 0 Å². The zero-order valence-corrected chi connectivity index (χ0v) is 10.2. The van der Waals surface area contributed by atoms with E-state index in [4.69, 9.17) is 17.3 Å². The third-order valence-electron chi connectivity index (χ3n) is 2.79. The predicted octanol–water partition coefficient (Wildman–Crippen LogP) is 2.51. The second-order valence-electron chi connectivity index (χ2n) is 4.01. The molecule has 0 aliphatic rings. The van der Waals surface area contributed by atoms with Crippen LogP contribution in [0.4, 0.5) is 0 Å². The van der Waals surface area contributed by atoms with Crippen molar-refractivity contribution in [2.45, 2.75) is 19.3 Å². The zero-order chi connectivity index (χ0) is 11.5. The molecule has 0 aliphatic carbocycles. The summed E-state index contributed by atoms with van der Waals surface area (Å²) in [6.07, 6.45) is 3.25. The predicted molar refractivity (Wildman–Crippen MR) is 67.7 cm³/mol. The first-order chi connectivity index (χ1) is 7.72. The van der Waals surface area contributed by atoms with Crippen LogP contribution in [0.2, 0.25) is 5.15 Å². The molecule has 86 valence electrons. The first kappa shape index (κ1) is 11.4. The SMILES string of the molecule is Cn1nc(Cl)c2cc(CCCCN)ccc21. The first-order valence-corrected chi connectivity index (χ1v) is 5.91. The summed E-state index contributed by atoms with van der Waals surface area (Å²) in [5.74, 6) is 0. The maximum Gasteiger partial charge on any atom is 0.158 e. The molecule has 0 amide bonds. The van der Waals surface area contributed by atoms with Gasteiger partial charge in [0.2, 0.25) is 0 Å². The van der Waals surface area contributed by atoms with Gasteiger partial charge in [-0.15, -0.1) is 0 Å². The van der Waals surface area contributed by atoms with Crippen molar-refractivity contribution in [3.63, 3.8) is 0 Å². The van der Waals surface area contributed by atoms with Crippen LogP contribution in [0.3, 0.4) is 0 Å². The molecule has 1 heterocycles. The number of nitrogens with zero attached hydrogens (tertiary/aromatic N) is 2. The average molecular weight is 238 g/mol. The summed E-state index contributed by atoms with van der Waals surface area (Å²) in [5.41, 5.74) is 7.85. The minimum absolute atomic E-state index is 0.582. The van der Waals surface area contributed by atoms with E-state index < -0.39 is 0 Å². The van der Waals surface area contributed by atoms with Crippen molar-refractivity contribution in [1.82, 2.24) is 9.78 Å². The molecular formula is C12H16ClN3. The molecule has 2 N–H and O–H groups in total. The fourth-order valence-corrected chi connectivity index (χ4v) is 2.16. The fourth-order valence-electron chi connectivity index (χ4n) is 1.90. The number of hydrogen-bond acceptors (Lipinski definition) is 2. The van der Waals surface area contributed by atoms with E-state index in [1.165, 1.54) is 5.56 Å². The Morgan fingerprint density at radius 1 is 1.38 bits per heavy atom. The standard InChI is InChI=1S/C12H16ClN3/c1-16-11-6-5-9(4-2-3-7-14)8-10(11)12(13)15-16/h5-6,8H,2-4,7,14H2,1H3. The van der Waals surface area contributed by atoms with Gasteiger partial charge in [0, 0.05) is 12.4 Å². The van der Waals surface area contributed by atoms with Gasteiger partial charge in [0.15, 0.2) is 5.15 Å². The topological polar surface area (TPSA) is 43.8 Å². The highest BCUT2D eigenvalue weighted by Crippen LogP contribution is 2.23. The van der Waals surface area contributed by atoms with Crippen LogP contribution in [-0.4, -0.2) is 16.3 Å². The van der Waals surface area contributed by atoms with Crippen molar-refractivity contribution in [3.8, 4) is 0 Å². The highest BCUT2D eigenvalue weighted by molar-refractivity contribution is 6.34. The number of hydrogen-bond donors (Lipinski definition) is 1. The molecule has 0 spiro atoms. The fraction of sp³-hybridized carbons (Fsp3) is 0.417. The molecule has 0 atom stereocenters. The Hall–Kier alpha value is -1.06. The second kappa shape index (κ2) is 4.85. The van der Waals surface area contributed by atoms with Gasteiger partial charge in [-0.3, -0.25) is 4.68 Å². The largest absolute Gasteiger partial charge is 0.330 e. The summed E-state index contributed by atoms with van der Waals surface area (Å²) in [6.45, 7) is 0.760. The summed E-state index contributed by atoms with van der Waals surface area (Å²) in [5, 5.41) is 5.81. The molecule has 0 unspecified atom stereocenters. The zero-order valence-electron chi connectivity index (χ0n) is 9.41. The molecule has 1 aromatic heterocycles. The lowest BCUT2D eigenvalue weighted by Crippen LogP contribution is -1.98. The lowest BCUT2D eigenvalue weighted by molar-refractivity contribution is 0.745. The number of aryl methyl sites for hydroxylation is 2. The number of nitrogens with two attached hydrogens (primary N) is 1. The van der Waals surface area contributed by atoms with Crippen LogP contribution in [0.15, 0.2) is 18.2 Å². The normalized spacial score (nSPS) is 11.2. The van der Waals surface area contributed by atoms with Gasteiger partial charge in [0.05, 0.1) is 5.52 Å². The Balaban J connectivity index is 2.25. The second-order valence-corrected chi connectivity index (χ2v) is 4.37. The molecule has 16 heavy (non-hydrogen) atoms. The lowest BCUT2D eigenvalue weighted by atomic mass is 10.1. The molecule has 2 aromatic rings. The third-order valence-corrected chi connectivity index (χ3v) is 3.07. The molecule has 1 aromatic carbocycles. The van der Waals surface area contributed by atoms with Crippen molar-refractivity contribution in [1.29, 1.82) is 0 Å². The summed E-state index contributed by atoms with van der Waals surface area (Å²) in [7, 11) is 1.91. The Morgan fingerprint density at radius 3 is 2.94 bits per heavy atom. The average Bonchev–Trinajstić information content (AvgIpc) is 2.55. The molecule has 0 radical (unpaired) electrons. The number of halogens is 1. The van der Waals surface area contributed by atoms with Gasteiger partial charge < -0.3 is 5.73 Å². The van der Waals surface area contributed by atoms with Crippen LogP contribution in [0.25, 0.3) is 10.9 Å². The quantitative estimate of drug-likeness (QED) is 0.831. The van der Waals surface area contributed by atoms with E-state index in [9.17, 15) is 0 Å². The van der Waals surface area contributed by atoms with Gasteiger partial charge in [0.1, 0.15) is 0 Å². The lowest BCUT2D eigenvalue weighted by Gasteiger charge is -2.01. The molecule has 0 saturated carbocycles. The van der Waals surface area contributed by atoms with E-state index in [1.807, 2.05) is 7.05 Å². The van der Waals surface area contributed by atoms with Gasteiger partial charge >= 0.3 is 0 Å². The molecule has 2 rings (SSSR count). The molecule has 3 nitrogen and oxygen atoms in total. The van der Waals surface area contributed by atoms with Gasteiger partial charge in [-0.2, -0.15) is 5.10 Å². The smallest absolute Gasteiger partial charge is 0.158 e. The summed E-state index contributed by atoms with van der Waals surface area (Å²) >= 11 is 6.06. The summed E-state index contributed by atoms with van der Waals surface area (Å²) in [4.78, 5) is 0. The molecule has 0 fully saturated rings. The van der Waals surface area contributed by atoms with Crippen molar-refractivity contribution in [2.24, 2.45) is 12.8 Å². The minimum atomic E-state index is 0.582. The van der Waals surface area contributed by atoms with E-state index in [2.05, 4.69) is 23.3 Å². The van der Waals surface area contributed by atoms with Crippen molar-refractivity contribution in [3.05, 3.63) is 28.9 Å². The summed E-state index contributed by atoms with van der Waals surface area (Å²) in [6, 6.07) is 6.34. The van der Waals surface area contributed by atoms with Crippen molar-refractivity contribution in [2.75, 3.05) is 6.54 Å². The number of rotatable bonds is 4. The number of fused-ring (bicyclic) bond motifs is 1. The van der Waals surface area contributed by atoms with Crippen LogP contribution in [0.1, 0.15) is 18.4 Å². The number of benzene rings is 1. The van der Waals surface area contributed by atoms with Crippen LogP contribution < -0.4 is 5.73 Å². The summed E-state index contributed by atoms with van der Waals surface area (Å²) < 4.78 is 1.81. The minimum Gasteiger partial charge on any atom is -0.330 e. The van der Waals surface area contributed by atoms with Crippen LogP contribution in [0.5, 0.6) is 0 Å². The Bertz CT molecular complexity index is 490. The van der Waals surface area contributed by atoms with E-state index in [0.717, 1.165) is 36.7 Å². The van der Waals surface area contributed by atoms with E-state index in [1.54, 1.807) is 4.68 Å². The van der Waals surface area contributed by atoms with Crippen molar-refractivity contribution < 1.29 is 0 Å². The van der Waals surface area contributed by atoms with E-state index >= 15 is 0 Å². The number of unbranched alkanes of at least 4 members (excludes halogenated alkanes) is 1. The Kier molecular flexibility index (Phi) is 3.46. The first-order valence-electron chi connectivity index (χ1n) is 5.53. The molecule has 0 saturated heterocycles. The Morgan fingerprint density at radius 2 is 2.19 bits per heavy atom. The van der Waals surface area contributed by atoms with Crippen LogP contribution >= 0.6 is 11.6 Å². The number of aromatic nitrogens is 2. The third kappa shape index (κ3) is 2.20. The molecule has 0 aliphatic heterocycles. The van der Waals surface area contributed by atoms with Crippen LogP contribution in [0, 0.1) is 0 Å². The molecule has 0 bridgehead atoms. The maximum atomic E-state index is 6.06. The maximum absolute atomic E-state index is 6.06. The highest BCUT2D eigenvalue weighted by Gasteiger charge is 2.06. The Labute approximate surface area is 100 Å². The van der Waals surface area contributed by atoms with Crippen LogP contribution in [-0.2, 0) is 13.5 Å².